The van der Waals surface area contributed by atoms with Gasteiger partial charge in [-0.2, -0.15) is 0 Å². The van der Waals surface area contributed by atoms with Crippen molar-refractivity contribution in [2.75, 3.05) is 6.54 Å². The van der Waals surface area contributed by atoms with Crippen LogP contribution in [0.3, 0.4) is 0 Å². The zero-order valence-electron chi connectivity index (χ0n) is 9.04. The lowest BCUT2D eigenvalue weighted by Crippen LogP contribution is -2.29. The molecular formula is C12H21NO. The predicted octanol–water partition coefficient (Wildman–Crippen LogP) is 2.44. The van der Waals surface area contributed by atoms with E-state index in [1.165, 1.54) is 25.7 Å². The first-order chi connectivity index (χ1) is 6.79. The highest BCUT2D eigenvalue weighted by Gasteiger charge is 2.30. The van der Waals surface area contributed by atoms with E-state index in [1.807, 2.05) is 0 Å². The lowest BCUT2D eigenvalue weighted by molar-refractivity contribution is 0.0577. The molecule has 0 aromatic heterocycles. The molecule has 14 heavy (non-hydrogen) atoms. The molecule has 1 aliphatic heterocycles. The molecule has 1 fully saturated rings. The standard InChI is InChI=1S/C12H21NO/c1-9-5-6-12(14-9)11-4-2-3-10(7-11)8-13/h5,10-12H,2-4,6-8,13H2,1H3/t10-,11+,12?/m1/s1. The summed E-state index contributed by atoms with van der Waals surface area (Å²) in [5.74, 6) is 2.62. The van der Waals surface area contributed by atoms with Crippen molar-refractivity contribution >= 4 is 0 Å². The summed E-state index contributed by atoms with van der Waals surface area (Å²) >= 11 is 0. The Morgan fingerprint density at radius 3 is 3.00 bits per heavy atom. The molecule has 0 bridgehead atoms. The summed E-state index contributed by atoms with van der Waals surface area (Å²) in [4.78, 5) is 0. The predicted molar refractivity (Wildman–Crippen MR) is 57.7 cm³/mol. The Bertz CT molecular complexity index is 224. The van der Waals surface area contributed by atoms with Crippen molar-refractivity contribution in [1.29, 1.82) is 0 Å². The summed E-state index contributed by atoms with van der Waals surface area (Å²) in [6, 6.07) is 0. The second-order valence-electron chi connectivity index (χ2n) is 4.74. The molecule has 0 aromatic rings. The first-order valence-corrected chi connectivity index (χ1v) is 5.83. The van der Waals surface area contributed by atoms with Gasteiger partial charge in [0.15, 0.2) is 0 Å². The summed E-state index contributed by atoms with van der Waals surface area (Å²) in [6.07, 6.45) is 9.08. The summed E-state index contributed by atoms with van der Waals surface area (Å²) < 4.78 is 5.81. The summed E-state index contributed by atoms with van der Waals surface area (Å²) in [6.45, 7) is 2.92. The van der Waals surface area contributed by atoms with Gasteiger partial charge in [0, 0.05) is 6.42 Å². The van der Waals surface area contributed by atoms with Crippen molar-refractivity contribution in [1.82, 2.24) is 0 Å². The third-order valence-corrected chi connectivity index (χ3v) is 3.66. The van der Waals surface area contributed by atoms with E-state index in [-0.39, 0.29) is 0 Å². The molecule has 0 radical (unpaired) electrons. The fourth-order valence-electron chi connectivity index (χ4n) is 2.79. The maximum atomic E-state index is 5.81. The molecule has 0 aromatic carbocycles. The van der Waals surface area contributed by atoms with Gasteiger partial charge < -0.3 is 10.5 Å². The van der Waals surface area contributed by atoms with Gasteiger partial charge in [-0.1, -0.05) is 6.42 Å². The number of rotatable bonds is 2. The lowest BCUT2D eigenvalue weighted by Gasteiger charge is -2.32. The van der Waals surface area contributed by atoms with E-state index in [4.69, 9.17) is 10.5 Å². The second kappa shape index (κ2) is 4.35. The van der Waals surface area contributed by atoms with Crippen molar-refractivity contribution < 1.29 is 4.74 Å². The third-order valence-electron chi connectivity index (χ3n) is 3.66. The Labute approximate surface area is 86.5 Å². The van der Waals surface area contributed by atoms with Gasteiger partial charge >= 0.3 is 0 Å². The van der Waals surface area contributed by atoms with Crippen LogP contribution in [0.4, 0.5) is 0 Å². The highest BCUT2D eigenvalue weighted by molar-refractivity contribution is 5.00. The summed E-state index contributed by atoms with van der Waals surface area (Å²) in [5, 5.41) is 0. The summed E-state index contributed by atoms with van der Waals surface area (Å²) in [5.41, 5.74) is 5.74. The molecule has 2 rings (SSSR count). The van der Waals surface area contributed by atoms with Gasteiger partial charge in [0.2, 0.25) is 0 Å². The van der Waals surface area contributed by atoms with Gasteiger partial charge in [0.1, 0.15) is 6.10 Å². The Balaban J connectivity index is 1.86. The van der Waals surface area contributed by atoms with Crippen molar-refractivity contribution in [3.05, 3.63) is 11.8 Å². The molecule has 0 spiro atoms. The zero-order valence-corrected chi connectivity index (χ0v) is 9.04. The van der Waals surface area contributed by atoms with Gasteiger partial charge in [-0.05, 0) is 50.6 Å². The van der Waals surface area contributed by atoms with Crippen LogP contribution in [-0.4, -0.2) is 12.6 Å². The van der Waals surface area contributed by atoms with Crippen LogP contribution >= 0.6 is 0 Å². The van der Waals surface area contributed by atoms with Crippen LogP contribution < -0.4 is 5.73 Å². The number of hydrogen-bond donors (Lipinski definition) is 1. The lowest BCUT2D eigenvalue weighted by atomic mass is 9.78. The minimum Gasteiger partial charge on any atom is -0.495 e. The number of nitrogens with two attached hydrogens (primary N) is 1. The van der Waals surface area contributed by atoms with Crippen LogP contribution in [0.15, 0.2) is 11.8 Å². The fourth-order valence-corrected chi connectivity index (χ4v) is 2.79. The molecule has 3 atom stereocenters. The molecule has 2 aliphatic rings. The van der Waals surface area contributed by atoms with Crippen LogP contribution in [-0.2, 0) is 4.74 Å². The third kappa shape index (κ3) is 2.11. The topological polar surface area (TPSA) is 35.2 Å². The summed E-state index contributed by atoms with van der Waals surface area (Å²) in [7, 11) is 0. The molecule has 1 aliphatic carbocycles. The van der Waals surface area contributed by atoms with Crippen LogP contribution in [0.5, 0.6) is 0 Å². The Hall–Kier alpha value is -0.500. The molecule has 2 heteroatoms. The van der Waals surface area contributed by atoms with E-state index in [0.717, 1.165) is 30.6 Å². The average molecular weight is 195 g/mol. The molecule has 1 unspecified atom stereocenters. The number of hydrogen-bond acceptors (Lipinski definition) is 2. The molecule has 0 amide bonds. The van der Waals surface area contributed by atoms with E-state index in [9.17, 15) is 0 Å². The normalized spacial score (nSPS) is 37.9. The van der Waals surface area contributed by atoms with Crippen molar-refractivity contribution in [2.45, 2.75) is 45.1 Å². The van der Waals surface area contributed by atoms with Crippen molar-refractivity contribution in [2.24, 2.45) is 17.6 Å². The maximum Gasteiger partial charge on any atom is 0.105 e. The van der Waals surface area contributed by atoms with Crippen LogP contribution in [0, 0.1) is 11.8 Å². The molecular weight excluding hydrogens is 174 g/mol. The quantitative estimate of drug-likeness (QED) is 0.734. The monoisotopic (exact) mass is 195 g/mol. The number of ether oxygens (including phenoxy) is 1. The Kier molecular flexibility index (Phi) is 3.12. The van der Waals surface area contributed by atoms with Gasteiger partial charge in [-0.15, -0.1) is 0 Å². The van der Waals surface area contributed by atoms with E-state index >= 15 is 0 Å². The fraction of sp³-hybridized carbons (Fsp3) is 0.833. The van der Waals surface area contributed by atoms with Crippen molar-refractivity contribution in [3.8, 4) is 0 Å². The van der Waals surface area contributed by atoms with Gasteiger partial charge in [0.25, 0.3) is 0 Å². The van der Waals surface area contributed by atoms with E-state index in [0.29, 0.717) is 6.10 Å². The first kappa shape index (κ1) is 10.0. The van der Waals surface area contributed by atoms with E-state index in [2.05, 4.69) is 13.0 Å². The molecule has 1 heterocycles. The Morgan fingerprint density at radius 2 is 2.36 bits per heavy atom. The minimum absolute atomic E-state index is 0.462. The first-order valence-electron chi connectivity index (χ1n) is 5.83. The highest BCUT2D eigenvalue weighted by atomic mass is 16.5. The maximum absolute atomic E-state index is 5.81. The molecule has 1 saturated carbocycles. The minimum atomic E-state index is 0.462. The van der Waals surface area contributed by atoms with Gasteiger partial charge in [-0.3, -0.25) is 0 Å². The number of allylic oxidation sites excluding steroid dienone is 1. The van der Waals surface area contributed by atoms with E-state index in [1.54, 1.807) is 0 Å². The molecule has 2 N–H and O–H groups in total. The second-order valence-corrected chi connectivity index (χ2v) is 4.74. The van der Waals surface area contributed by atoms with Crippen LogP contribution in [0.25, 0.3) is 0 Å². The van der Waals surface area contributed by atoms with Crippen molar-refractivity contribution in [3.63, 3.8) is 0 Å². The smallest absolute Gasteiger partial charge is 0.105 e. The SMILES string of the molecule is CC1=CCC([C@H]2CCC[C@@H](CN)C2)O1. The molecule has 0 saturated heterocycles. The molecule has 80 valence electrons. The zero-order chi connectivity index (χ0) is 9.97. The van der Waals surface area contributed by atoms with Crippen LogP contribution in [0.2, 0.25) is 0 Å². The van der Waals surface area contributed by atoms with Crippen LogP contribution in [0.1, 0.15) is 39.0 Å². The highest BCUT2D eigenvalue weighted by Crippen LogP contribution is 2.35. The molecule has 2 nitrogen and oxygen atoms in total. The van der Waals surface area contributed by atoms with Gasteiger partial charge in [-0.25, -0.2) is 0 Å². The largest absolute Gasteiger partial charge is 0.495 e. The van der Waals surface area contributed by atoms with E-state index < -0.39 is 0 Å². The Morgan fingerprint density at radius 1 is 1.50 bits per heavy atom. The average Bonchev–Trinajstić information content (AvgIpc) is 2.65. The van der Waals surface area contributed by atoms with Gasteiger partial charge in [0.05, 0.1) is 5.76 Å².